The quantitative estimate of drug-likeness (QED) is 0.574. The van der Waals surface area contributed by atoms with Gasteiger partial charge in [0.15, 0.2) is 0 Å². The highest BCUT2D eigenvalue weighted by Gasteiger charge is 2.05. The number of benzene rings is 2. The molecule has 0 radical (unpaired) electrons. The molecular formula is C22H22N4O2. The van der Waals surface area contributed by atoms with Crippen molar-refractivity contribution in [2.24, 2.45) is 0 Å². The van der Waals surface area contributed by atoms with Gasteiger partial charge in [-0.2, -0.15) is 0 Å². The van der Waals surface area contributed by atoms with Crippen molar-refractivity contribution in [3.8, 4) is 0 Å². The normalized spacial score (nSPS) is 10.2. The summed E-state index contributed by atoms with van der Waals surface area (Å²) in [7, 11) is 0. The first-order valence-electron chi connectivity index (χ1n) is 9.03. The number of carbonyl (C=O) groups excluding carboxylic acids is 2. The average Bonchev–Trinajstić information content (AvgIpc) is 2.70. The van der Waals surface area contributed by atoms with E-state index in [4.69, 9.17) is 0 Å². The Morgan fingerprint density at radius 1 is 0.821 bits per heavy atom. The van der Waals surface area contributed by atoms with Crippen LogP contribution >= 0.6 is 0 Å². The molecule has 0 aliphatic rings. The molecule has 6 heteroatoms. The van der Waals surface area contributed by atoms with Crippen LogP contribution in [0.5, 0.6) is 0 Å². The van der Waals surface area contributed by atoms with Gasteiger partial charge in [-0.15, -0.1) is 0 Å². The van der Waals surface area contributed by atoms with Crippen LogP contribution in [0.1, 0.15) is 18.9 Å². The van der Waals surface area contributed by atoms with Crippen molar-refractivity contribution < 1.29 is 9.59 Å². The largest absolute Gasteiger partial charge is 0.354 e. The fraction of sp³-hybridized carbons (Fsp3) is 0.136. The van der Waals surface area contributed by atoms with Gasteiger partial charge in [0.05, 0.1) is 11.9 Å². The van der Waals surface area contributed by atoms with E-state index in [0.717, 1.165) is 22.6 Å². The molecule has 0 saturated carbocycles. The monoisotopic (exact) mass is 374 g/mol. The van der Waals surface area contributed by atoms with Crippen molar-refractivity contribution >= 4 is 34.7 Å². The molecule has 2 aromatic carbocycles. The molecule has 0 bridgehead atoms. The van der Waals surface area contributed by atoms with Crippen LogP contribution in [-0.4, -0.2) is 16.8 Å². The third-order valence-electron chi connectivity index (χ3n) is 4.01. The van der Waals surface area contributed by atoms with E-state index >= 15 is 0 Å². The summed E-state index contributed by atoms with van der Waals surface area (Å²) >= 11 is 0. The molecule has 3 aromatic rings. The topological polar surface area (TPSA) is 83.1 Å². The zero-order valence-electron chi connectivity index (χ0n) is 15.6. The first kappa shape index (κ1) is 19.1. The van der Waals surface area contributed by atoms with Gasteiger partial charge >= 0.3 is 0 Å². The van der Waals surface area contributed by atoms with Gasteiger partial charge in [-0.1, -0.05) is 30.3 Å². The Hall–Kier alpha value is -3.67. The molecule has 0 fully saturated rings. The molecule has 0 saturated heterocycles. The minimum Gasteiger partial charge on any atom is -0.354 e. The van der Waals surface area contributed by atoms with Crippen molar-refractivity contribution in [1.82, 2.24) is 4.98 Å². The van der Waals surface area contributed by atoms with E-state index in [-0.39, 0.29) is 11.8 Å². The molecule has 3 rings (SSSR count). The molecule has 0 aliphatic heterocycles. The van der Waals surface area contributed by atoms with Gasteiger partial charge in [0.2, 0.25) is 11.8 Å². The molecule has 3 N–H and O–H groups in total. The fourth-order valence-corrected chi connectivity index (χ4v) is 2.66. The van der Waals surface area contributed by atoms with Gasteiger partial charge in [0.25, 0.3) is 0 Å². The van der Waals surface area contributed by atoms with E-state index in [9.17, 15) is 9.59 Å². The number of hydrogen-bond donors (Lipinski definition) is 3. The Morgan fingerprint density at radius 3 is 2.14 bits per heavy atom. The summed E-state index contributed by atoms with van der Waals surface area (Å²) in [5.41, 5.74) is 3.55. The van der Waals surface area contributed by atoms with Gasteiger partial charge in [-0.05, 0) is 48.4 Å². The third kappa shape index (κ3) is 5.95. The molecule has 0 aliphatic carbocycles. The second-order valence-electron chi connectivity index (χ2n) is 6.35. The Labute approximate surface area is 164 Å². The predicted molar refractivity (Wildman–Crippen MR) is 112 cm³/mol. The summed E-state index contributed by atoms with van der Waals surface area (Å²) in [6, 6.07) is 20.9. The van der Waals surface area contributed by atoms with Gasteiger partial charge in [-0.3, -0.25) is 9.59 Å². The molecule has 142 valence electrons. The highest BCUT2D eigenvalue weighted by Crippen LogP contribution is 2.19. The van der Waals surface area contributed by atoms with Gasteiger partial charge in [-0.25, -0.2) is 4.98 Å². The molecule has 1 aromatic heterocycles. The summed E-state index contributed by atoms with van der Waals surface area (Å²) in [5.74, 6) is 0.349. The fourth-order valence-electron chi connectivity index (χ4n) is 2.66. The van der Waals surface area contributed by atoms with E-state index in [1.165, 1.54) is 6.92 Å². The average molecular weight is 374 g/mol. The number of anilines is 4. The first-order valence-corrected chi connectivity index (χ1v) is 9.03. The number of rotatable bonds is 7. The predicted octanol–water partition coefficient (Wildman–Crippen LogP) is 4.35. The minimum atomic E-state index is -0.105. The number of amides is 2. The standard InChI is InChI=1S/C22H22N4O2/c1-16(27)24-18-8-10-19(11-9-18)25-20-12-13-21(23-15-20)26-22(28)14-7-17-5-3-2-4-6-17/h2-6,8-13,15,25H,7,14H2,1H3,(H,24,27)(H,23,26,28). The van der Waals surface area contributed by atoms with E-state index in [2.05, 4.69) is 20.9 Å². The van der Waals surface area contributed by atoms with Crippen LogP contribution in [0.2, 0.25) is 0 Å². The van der Waals surface area contributed by atoms with Crippen LogP contribution in [0.4, 0.5) is 22.9 Å². The lowest BCUT2D eigenvalue weighted by Gasteiger charge is -2.09. The number of nitrogens with zero attached hydrogens (tertiary/aromatic N) is 1. The van der Waals surface area contributed by atoms with E-state index < -0.39 is 0 Å². The zero-order valence-corrected chi connectivity index (χ0v) is 15.6. The van der Waals surface area contributed by atoms with Gasteiger partial charge in [0.1, 0.15) is 5.82 Å². The first-order chi connectivity index (χ1) is 13.6. The van der Waals surface area contributed by atoms with Crippen molar-refractivity contribution in [1.29, 1.82) is 0 Å². The number of pyridine rings is 1. The highest BCUT2D eigenvalue weighted by atomic mass is 16.2. The van der Waals surface area contributed by atoms with Crippen molar-refractivity contribution in [3.63, 3.8) is 0 Å². The summed E-state index contributed by atoms with van der Waals surface area (Å²) in [6.07, 6.45) is 2.77. The second-order valence-corrected chi connectivity index (χ2v) is 6.35. The number of hydrogen-bond acceptors (Lipinski definition) is 4. The summed E-state index contributed by atoms with van der Waals surface area (Å²) in [6.45, 7) is 1.47. The Bertz CT molecular complexity index is 923. The second kappa shape index (κ2) is 9.32. The smallest absolute Gasteiger partial charge is 0.225 e. The lowest BCUT2D eigenvalue weighted by Crippen LogP contribution is -2.13. The van der Waals surface area contributed by atoms with Crippen LogP contribution in [0.25, 0.3) is 0 Å². The maximum Gasteiger partial charge on any atom is 0.225 e. The molecule has 6 nitrogen and oxygen atoms in total. The maximum atomic E-state index is 12.1. The molecule has 0 atom stereocenters. The summed E-state index contributed by atoms with van der Waals surface area (Å²) in [5, 5.41) is 8.76. The van der Waals surface area contributed by atoms with Crippen LogP contribution in [-0.2, 0) is 16.0 Å². The maximum absolute atomic E-state index is 12.1. The van der Waals surface area contributed by atoms with Crippen LogP contribution in [0.3, 0.4) is 0 Å². The molecular weight excluding hydrogens is 352 g/mol. The minimum absolute atomic E-state index is 0.0642. The van der Waals surface area contributed by atoms with Crippen LogP contribution in [0, 0.1) is 0 Å². The highest BCUT2D eigenvalue weighted by molar-refractivity contribution is 5.90. The lowest BCUT2D eigenvalue weighted by atomic mass is 10.1. The number of nitrogens with one attached hydrogen (secondary N) is 3. The molecule has 0 unspecified atom stereocenters. The summed E-state index contributed by atoms with van der Waals surface area (Å²) in [4.78, 5) is 27.4. The molecule has 28 heavy (non-hydrogen) atoms. The van der Waals surface area contributed by atoms with Crippen LogP contribution < -0.4 is 16.0 Å². The third-order valence-corrected chi connectivity index (χ3v) is 4.01. The number of aryl methyl sites for hydroxylation is 1. The number of aromatic nitrogens is 1. The Kier molecular flexibility index (Phi) is 6.36. The van der Waals surface area contributed by atoms with Gasteiger partial charge < -0.3 is 16.0 Å². The zero-order chi connectivity index (χ0) is 19.8. The van der Waals surface area contributed by atoms with Crippen molar-refractivity contribution in [3.05, 3.63) is 78.5 Å². The Morgan fingerprint density at radius 2 is 1.50 bits per heavy atom. The van der Waals surface area contributed by atoms with Crippen molar-refractivity contribution in [2.75, 3.05) is 16.0 Å². The summed E-state index contributed by atoms with van der Waals surface area (Å²) < 4.78 is 0. The number of carbonyl (C=O) groups is 2. The molecule has 2 amide bonds. The van der Waals surface area contributed by atoms with Gasteiger partial charge in [0, 0.05) is 24.7 Å². The Balaban J connectivity index is 1.50. The SMILES string of the molecule is CC(=O)Nc1ccc(Nc2ccc(NC(=O)CCc3ccccc3)nc2)cc1. The molecule has 0 spiro atoms. The van der Waals surface area contributed by atoms with Crippen molar-refractivity contribution in [2.45, 2.75) is 19.8 Å². The van der Waals surface area contributed by atoms with E-state index in [0.29, 0.717) is 18.7 Å². The van der Waals surface area contributed by atoms with E-state index in [1.54, 1.807) is 12.3 Å². The van der Waals surface area contributed by atoms with E-state index in [1.807, 2.05) is 60.7 Å². The van der Waals surface area contributed by atoms with Crippen LogP contribution in [0.15, 0.2) is 72.9 Å². The molecule has 1 heterocycles. The lowest BCUT2D eigenvalue weighted by molar-refractivity contribution is -0.116.